The van der Waals surface area contributed by atoms with Gasteiger partial charge in [0, 0.05) is 5.56 Å². The maximum Gasteiger partial charge on any atom is 0.261 e. The zero-order valence-electron chi connectivity index (χ0n) is 17.3. The van der Waals surface area contributed by atoms with E-state index in [9.17, 15) is 4.79 Å². The van der Waals surface area contributed by atoms with Gasteiger partial charge in [0.15, 0.2) is 6.10 Å². The van der Waals surface area contributed by atoms with Crippen LogP contribution in [-0.2, 0) is 4.79 Å². The largest absolute Gasteiger partial charge is 0.497 e. The van der Waals surface area contributed by atoms with Gasteiger partial charge in [0.05, 0.1) is 20.3 Å². The number of amides is 1. The number of ether oxygens (including phenoxy) is 3. The van der Waals surface area contributed by atoms with Crippen LogP contribution in [0.15, 0.2) is 60.7 Å². The van der Waals surface area contributed by atoms with Crippen molar-refractivity contribution in [3.63, 3.8) is 0 Å². The van der Waals surface area contributed by atoms with Gasteiger partial charge in [-0.3, -0.25) is 4.79 Å². The molecule has 1 amide bonds. The Kier molecular flexibility index (Phi) is 6.60. The van der Waals surface area contributed by atoms with Crippen molar-refractivity contribution in [3.8, 4) is 17.2 Å². The first-order chi connectivity index (χ1) is 14.0. The summed E-state index contributed by atoms with van der Waals surface area (Å²) in [5.41, 5.74) is 0.848. The van der Waals surface area contributed by atoms with E-state index < -0.39 is 6.10 Å². The molecule has 1 N–H and O–H groups in total. The molecule has 0 unspecified atom stereocenters. The highest BCUT2D eigenvalue weighted by molar-refractivity contribution is 5.84. The Balaban J connectivity index is 1.73. The SMILES string of the molecule is CC[C@@H](Oc1ccc2ccccc2c1)C(=O)N[C@H](C)c1cc(OC)ccc1OC. The fraction of sp³-hybridized carbons (Fsp3) is 0.292. The van der Waals surface area contributed by atoms with E-state index in [4.69, 9.17) is 14.2 Å². The van der Waals surface area contributed by atoms with Crippen molar-refractivity contribution in [2.45, 2.75) is 32.4 Å². The number of hydrogen-bond donors (Lipinski definition) is 1. The van der Waals surface area contributed by atoms with E-state index >= 15 is 0 Å². The van der Waals surface area contributed by atoms with Crippen molar-refractivity contribution in [3.05, 3.63) is 66.2 Å². The third-order valence-corrected chi connectivity index (χ3v) is 4.92. The van der Waals surface area contributed by atoms with Crippen molar-refractivity contribution < 1.29 is 19.0 Å². The van der Waals surface area contributed by atoms with Gasteiger partial charge in [-0.2, -0.15) is 0 Å². The summed E-state index contributed by atoms with van der Waals surface area (Å²) in [6, 6.07) is 19.2. The second-order valence-electron chi connectivity index (χ2n) is 6.86. The van der Waals surface area contributed by atoms with Crippen LogP contribution in [0.3, 0.4) is 0 Å². The lowest BCUT2D eigenvalue weighted by atomic mass is 10.1. The minimum absolute atomic E-state index is 0.168. The number of carbonyl (C=O) groups is 1. The van der Waals surface area contributed by atoms with E-state index in [1.807, 2.05) is 74.5 Å². The number of hydrogen-bond acceptors (Lipinski definition) is 4. The number of methoxy groups -OCH3 is 2. The van der Waals surface area contributed by atoms with Gasteiger partial charge >= 0.3 is 0 Å². The molecule has 5 heteroatoms. The van der Waals surface area contributed by atoms with Crippen LogP contribution in [0.5, 0.6) is 17.2 Å². The first-order valence-electron chi connectivity index (χ1n) is 9.73. The molecule has 0 heterocycles. The van der Waals surface area contributed by atoms with Crippen molar-refractivity contribution >= 4 is 16.7 Å². The normalized spacial score (nSPS) is 12.8. The molecule has 0 bridgehead atoms. The number of nitrogens with one attached hydrogen (secondary N) is 1. The highest BCUT2D eigenvalue weighted by atomic mass is 16.5. The van der Waals surface area contributed by atoms with E-state index in [2.05, 4.69) is 5.32 Å². The minimum Gasteiger partial charge on any atom is -0.497 e. The summed E-state index contributed by atoms with van der Waals surface area (Å²) in [4.78, 5) is 12.9. The second-order valence-corrected chi connectivity index (χ2v) is 6.86. The molecule has 152 valence electrons. The monoisotopic (exact) mass is 393 g/mol. The number of benzene rings is 3. The standard InChI is InChI=1S/C24H27NO4/c1-5-22(29-20-11-10-17-8-6-7-9-18(17)14-20)24(26)25-16(2)21-15-19(27-3)12-13-23(21)28-4/h6-16,22H,5H2,1-4H3,(H,25,26)/t16-,22-/m1/s1. The maximum atomic E-state index is 12.9. The van der Waals surface area contributed by atoms with E-state index in [0.29, 0.717) is 23.7 Å². The number of fused-ring (bicyclic) bond motifs is 1. The van der Waals surface area contributed by atoms with Crippen LogP contribution in [0.1, 0.15) is 31.9 Å². The van der Waals surface area contributed by atoms with Gasteiger partial charge in [0.25, 0.3) is 5.91 Å². The molecule has 3 aromatic rings. The molecular weight excluding hydrogens is 366 g/mol. The Hall–Kier alpha value is -3.21. The highest BCUT2D eigenvalue weighted by Gasteiger charge is 2.22. The lowest BCUT2D eigenvalue weighted by molar-refractivity contribution is -0.128. The maximum absolute atomic E-state index is 12.9. The minimum atomic E-state index is -0.588. The molecule has 0 fully saturated rings. The van der Waals surface area contributed by atoms with Crippen LogP contribution in [0.25, 0.3) is 10.8 Å². The molecule has 0 saturated heterocycles. The lowest BCUT2D eigenvalue weighted by Crippen LogP contribution is -2.39. The fourth-order valence-electron chi connectivity index (χ4n) is 3.29. The summed E-state index contributed by atoms with van der Waals surface area (Å²) in [5, 5.41) is 5.24. The third-order valence-electron chi connectivity index (χ3n) is 4.92. The predicted octanol–water partition coefficient (Wildman–Crippen LogP) is 4.89. The van der Waals surface area contributed by atoms with Crippen LogP contribution < -0.4 is 19.5 Å². The molecular formula is C24H27NO4. The van der Waals surface area contributed by atoms with Crippen LogP contribution in [0.4, 0.5) is 0 Å². The molecule has 0 aliphatic carbocycles. The summed E-state index contributed by atoms with van der Waals surface area (Å²) >= 11 is 0. The Bertz CT molecular complexity index is 986. The molecule has 2 atom stereocenters. The zero-order valence-corrected chi connectivity index (χ0v) is 17.3. The quantitative estimate of drug-likeness (QED) is 0.592. The third kappa shape index (κ3) is 4.80. The summed E-state index contributed by atoms with van der Waals surface area (Å²) < 4.78 is 16.7. The molecule has 5 nitrogen and oxygen atoms in total. The first kappa shape index (κ1) is 20.5. The summed E-state index contributed by atoms with van der Waals surface area (Å²) in [6.45, 7) is 3.85. The van der Waals surface area contributed by atoms with E-state index in [-0.39, 0.29) is 11.9 Å². The van der Waals surface area contributed by atoms with Gasteiger partial charge in [-0.15, -0.1) is 0 Å². The molecule has 0 aromatic heterocycles. The zero-order chi connectivity index (χ0) is 20.8. The second kappa shape index (κ2) is 9.32. The average molecular weight is 393 g/mol. The topological polar surface area (TPSA) is 56.8 Å². The van der Waals surface area contributed by atoms with Crippen LogP contribution >= 0.6 is 0 Å². The lowest BCUT2D eigenvalue weighted by Gasteiger charge is -2.22. The van der Waals surface area contributed by atoms with Gasteiger partial charge in [-0.05, 0) is 54.4 Å². The Labute approximate surface area is 171 Å². The van der Waals surface area contributed by atoms with Gasteiger partial charge in [0.1, 0.15) is 17.2 Å². The first-order valence-corrected chi connectivity index (χ1v) is 9.73. The Morgan fingerprint density at radius 1 is 0.931 bits per heavy atom. The van der Waals surface area contributed by atoms with Crippen molar-refractivity contribution in [2.75, 3.05) is 14.2 Å². The molecule has 3 aromatic carbocycles. The Morgan fingerprint density at radius 2 is 1.66 bits per heavy atom. The van der Waals surface area contributed by atoms with Crippen LogP contribution in [0, 0.1) is 0 Å². The van der Waals surface area contributed by atoms with E-state index in [1.165, 1.54) is 0 Å². The average Bonchev–Trinajstić information content (AvgIpc) is 2.76. The molecule has 0 aliphatic rings. The van der Waals surface area contributed by atoms with Gasteiger partial charge in [-0.25, -0.2) is 0 Å². The predicted molar refractivity (Wildman–Crippen MR) is 115 cm³/mol. The smallest absolute Gasteiger partial charge is 0.261 e. The summed E-state index contributed by atoms with van der Waals surface area (Å²) in [5.74, 6) is 1.92. The molecule has 0 aliphatic heterocycles. The van der Waals surface area contributed by atoms with E-state index in [0.717, 1.165) is 16.3 Å². The Morgan fingerprint density at radius 3 is 2.34 bits per heavy atom. The molecule has 0 spiro atoms. The summed E-state index contributed by atoms with van der Waals surface area (Å²) in [7, 11) is 3.22. The highest BCUT2D eigenvalue weighted by Crippen LogP contribution is 2.29. The fourth-order valence-corrected chi connectivity index (χ4v) is 3.29. The molecule has 29 heavy (non-hydrogen) atoms. The van der Waals surface area contributed by atoms with Crippen molar-refractivity contribution in [1.29, 1.82) is 0 Å². The molecule has 0 radical (unpaired) electrons. The number of carbonyl (C=O) groups excluding carboxylic acids is 1. The van der Waals surface area contributed by atoms with Crippen molar-refractivity contribution in [2.24, 2.45) is 0 Å². The molecule has 3 rings (SSSR count). The van der Waals surface area contributed by atoms with Gasteiger partial charge in [0.2, 0.25) is 0 Å². The number of rotatable bonds is 8. The van der Waals surface area contributed by atoms with Gasteiger partial charge in [-0.1, -0.05) is 37.3 Å². The van der Waals surface area contributed by atoms with Gasteiger partial charge < -0.3 is 19.5 Å². The molecule has 0 saturated carbocycles. The van der Waals surface area contributed by atoms with E-state index in [1.54, 1.807) is 14.2 Å². The van der Waals surface area contributed by atoms with Crippen LogP contribution in [0.2, 0.25) is 0 Å². The summed E-state index contributed by atoms with van der Waals surface area (Å²) in [6.07, 6.45) is -0.0316. The van der Waals surface area contributed by atoms with Crippen LogP contribution in [-0.4, -0.2) is 26.2 Å². The van der Waals surface area contributed by atoms with Crippen molar-refractivity contribution in [1.82, 2.24) is 5.32 Å².